The molecule has 3 aromatic carbocycles. The SMILES string of the molecule is Cc1cc(C(=O)N2CCN(Cc3ccc(Cl)cc3)CC2)ccc1NSc1cccc2c1N=CCC2. The number of benzene rings is 3. The molecule has 0 radical (unpaired) electrons. The van der Waals surface area contributed by atoms with E-state index in [-0.39, 0.29) is 5.91 Å². The monoisotopic (exact) mass is 504 g/mol. The molecule has 1 saturated heterocycles. The molecular weight excluding hydrogens is 476 g/mol. The Bertz CT molecular complexity index is 1240. The second-order valence-electron chi connectivity index (χ2n) is 9.04. The lowest BCUT2D eigenvalue weighted by atomic mass is 10.1. The Balaban J connectivity index is 1.17. The van der Waals surface area contributed by atoms with Gasteiger partial charge in [-0.3, -0.25) is 14.7 Å². The van der Waals surface area contributed by atoms with Crippen LogP contribution in [-0.4, -0.2) is 48.1 Å². The van der Waals surface area contributed by atoms with Crippen molar-refractivity contribution in [2.75, 3.05) is 30.9 Å². The molecule has 35 heavy (non-hydrogen) atoms. The minimum Gasteiger partial charge on any atom is -0.336 e. The van der Waals surface area contributed by atoms with Gasteiger partial charge < -0.3 is 9.62 Å². The third kappa shape index (κ3) is 5.72. The minimum absolute atomic E-state index is 0.102. The van der Waals surface area contributed by atoms with E-state index in [1.165, 1.54) is 11.1 Å². The lowest BCUT2D eigenvalue weighted by Gasteiger charge is -2.35. The Hall–Kier alpha value is -2.80. The van der Waals surface area contributed by atoms with E-state index in [1.54, 1.807) is 11.9 Å². The molecule has 0 atom stereocenters. The molecule has 2 aliphatic heterocycles. The number of fused-ring (bicyclic) bond motifs is 1. The summed E-state index contributed by atoms with van der Waals surface area (Å²) in [5, 5.41) is 0.757. The van der Waals surface area contributed by atoms with Crippen molar-refractivity contribution in [3.8, 4) is 0 Å². The van der Waals surface area contributed by atoms with Gasteiger partial charge in [0.2, 0.25) is 0 Å². The number of carbonyl (C=O) groups is 1. The number of carbonyl (C=O) groups excluding carboxylic acids is 1. The number of nitrogens with one attached hydrogen (secondary N) is 1. The number of rotatable bonds is 6. The van der Waals surface area contributed by atoms with E-state index >= 15 is 0 Å². The highest BCUT2D eigenvalue weighted by Crippen LogP contribution is 2.36. The van der Waals surface area contributed by atoms with Crippen LogP contribution in [-0.2, 0) is 13.0 Å². The molecule has 3 aromatic rings. The Morgan fingerprint density at radius 1 is 1.06 bits per heavy atom. The van der Waals surface area contributed by atoms with Crippen LogP contribution < -0.4 is 4.72 Å². The smallest absolute Gasteiger partial charge is 0.253 e. The van der Waals surface area contributed by atoms with Crippen molar-refractivity contribution in [3.63, 3.8) is 0 Å². The Kier molecular flexibility index (Phi) is 7.42. The Labute approximate surface area is 216 Å². The maximum Gasteiger partial charge on any atom is 0.253 e. The number of aryl methyl sites for hydroxylation is 2. The standard InChI is InChI=1S/C28H29ClN4OS/c1-20-18-23(9-12-25(20)31-35-26-6-2-4-22-5-3-13-30-27(22)26)28(34)33-16-14-32(15-17-33)19-21-7-10-24(29)11-8-21/h2,4,6-13,18,31H,3,5,14-17,19H2,1H3. The van der Waals surface area contributed by atoms with E-state index in [1.807, 2.05) is 48.4 Å². The highest BCUT2D eigenvalue weighted by molar-refractivity contribution is 8.00. The molecule has 1 N–H and O–H groups in total. The summed E-state index contributed by atoms with van der Waals surface area (Å²) >= 11 is 7.57. The predicted octanol–water partition coefficient (Wildman–Crippen LogP) is 6.37. The van der Waals surface area contributed by atoms with Crippen LogP contribution in [0.3, 0.4) is 0 Å². The summed E-state index contributed by atoms with van der Waals surface area (Å²) in [4.78, 5) is 23.2. The van der Waals surface area contributed by atoms with Crippen LogP contribution in [0.4, 0.5) is 11.4 Å². The molecule has 1 fully saturated rings. The van der Waals surface area contributed by atoms with Crippen LogP contribution in [0.2, 0.25) is 5.02 Å². The zero-order chi connectivity index (χ0) is 24.2. The van der Waals surface area contributed by atoms with E-state index < -0.39 is 0 Å². The van der Waals surface area contributed by atoms with Crippen molar-refractivity contribution in [3.05, 3.63) is 87.9 Å². The fraction of sp³-hybridized carbons (Fsp3) is 0.286. The number of anilines is 1. The normalized spacial score (nSPS) is 15.7. The summed E-state index contributed by atoms with van der Waals surface area (Å²) in [7, 11) is 0. The number of halogens is 1. The van der Waals surface area contributed by atoms with Gasteiger partial charge in [-0.25, -0.2) is 0 Å². The molecule has 2 heterocycles. The molecule has 0 spiro atoms. The number of para-hydroxylation sites is 1. The van der Waals surface area contributed by atoms with Crippen molar-refractivity contribution >= 4 is 47.0 Å². The summed E-state index contributed by atoms with van der Waals surface area (Å²) in [5.74, 6) is 0.102. The van der Waals surface area contributed by atoms with Gasteiger partial charge in [-0.15, -0.1) is 0 Å². The molecule has 0 aliphatic carbocycles. The first kappa shape index (κ1) is 23.9. The zero-order valence-corrected chi connectivity index (χ0v) is 21.4. The molecule has 5 rings (SSSR count). The fourth-order valence-electron chi connectivity index (χ4n) is 4.54. The number of amides is 1. The van der Waals surface area contributed by atoms with Crippen LogP contribution in [0.5, 0.6) is 0 Å². The maximum atomic E-state index is 13.2. The van der Waals surface area contributed by atoms with Crippen LogP contribution >= 0.6 is 23.5 Å². The van der Waals surface area contributed by atoms with Gasteiger partial charge in [-0.1, -0.05) is 35.9 Å². The zero-order valence-electron chi connectivity index (χ0n) is 19.8. The number of nitrogens with zero attached hydrogens (tertiary/aromatic N) is 3. The summed E-state index contributed by atoms with van der Waals surface area (Å²) in [6.45, 7) is 6.14. The van der Waals surface area contributed by atoms with E-state index in [4.69, 9.17) is 11.6 Å². The van der Waals surface area contributed by atoms with Gasteiger partial charge in [0.1, 0.15) is 0 Å². The lowest BCUT2D eigenvalue weighted by Crippen LogP contribution is -2.48. The number of aliphatic imine (C=N–C) groups is 1. The van der Waals surface area contributed by atoms with Gasteiger partial charge in [-0.05, 0) is 84.8 Å². The lowest BCUT2D eigenvalue weighted by molar-refractivity contribution is 0.0628. The van der Waals surface area contributed by atoms with Gasteiger partial charge >= 0.3 is 0 Å². The van der Waals surface area contributed by atoms with E-state index in [2.05, 4.69) is 44.9 Å². The van der Waals surface area contributed by atoms with Crippen molar-refractivity contribution in [2.45, 2.75) is 31.2 Å². The highest BCUT2D eigenvalue weighted by atomic mass is 35.5. The third-order valence-corrected chi connectivity index (χ3v) is 7.69. The molecule has 0 aromatic heterocycles. The largest absolute Gasteiger partial charge is 0.336 e. The van der Waals surface area contributed by atoms with Crippen LogP contribution in [0.1, 0.15) is 33.5 Å². The van der Waals surface area contributed by atoms with Crippen LogP contribution in [0, 0.1) is 6.92 Å². The Morgan fingerprint density at radius 2 is 1.86 bits per heavy atom. The first-order valence-corrected chi connectivity index (χ1v) is 13.2. The predicted molar refractivity (Wildman–Crippen MR) is 146 cm³/mol. The minimum atomic E-state index is 0.102. The van der Waals surface area contributed by atoms with Gasteiger partial charge in [0.25, 0.3) is 5.91 Å². The first-order chi connectivity index (χ1) is 17.1. The van der Waals surface area contributed by atoms with Crippen molar-refractivity contribution in [1.29, 1.82) is 0 Å². The third-order valence-electron chi connectivity index (χ3n) is 6.57. The molecule has 7 heteroatoms. The van der Waals surface area contributed by atoms with Crippen LogP contribution in [0.25, 0.3) is 0 Å². The topological polar surface area (TPSA) is 47.9 Å². The van der Waals surface area contributed by atoms with Crippen molar-refractivity contribution in [1.82, 2.24) is 9.80 Å². The number of piperazine rings is 1. The number of hydrogen-bond donors (Lipinski definition) is 1. The van der Waals surface area contributed by atoms with Crippen molar-refractivity contribution < 1.29 is 4.79 Å². The second kappa shape index (κ2) is 10.9. The highest BCUT2D eigenvalue weighted by Gasteiger charge is 2.22. The molecule has 0 unspecified atom stereocenters. The average Bonchev–Trinajstić information content (AvgIpc) is 2.89. The maximum absolute atomic E-state index is 13.2. The van der Waals surface area contributed by atoms with Crippen LogP contribution in [0.15, 0.2) is 70.6 Å². The van der Waals surface area contributed by atoms with Gasteiger partial charge in [0.05, 0.1) is 10.6 Å². The van der Waals surface area contributed by atoms with Gasteiger partial charge in [-0.2, -0.15) is 0 Å². The summed E-state index contributed by atoms with van der Waals surface area (Å²) in [6.07, 6.45) is 4.04. The second-order valence-corrected chi connectivity index (χ2v) is 10.3. The molecule has 0 saturated carbocycles. The molecule has 1 amide bonds. The fourth-order valence-corrected chi connectivity index (χ4v) is 5.54. The van der Waals surface area contributed by atoms with E-state index in [0.29, 0.717) is 0 Å². The first-order valence-electron chi connectivity index (χ1n) is 12.0. The van der Waals surface area contributed by atoms with Gasteiger partial charge in [0, 0.05) is 55.2 Å². The summed E-state index contributed by atoms with van der Waals surface area (Å²) in [6, 6.07) is 20.2. The van der Waals surface area contributed by atoms with Gasteiger partial charge in [0.15, 0.2) is 0 Å². The molecule has 5 nitrogen and oxygen atoms in total. The molecule has 2 aliphatic rings. The molecular formula is C28H29ClN4OS. The van der Waals surface area contributed by atoms with E-state index in [9.17, 15) is 4.79 Å². The molecule has 0 bridgehead atoms. The molecule has 180 valence electrons. The average molecular weight is 505 g/mol. The summed E-state index contributed by atoms with van der Waals surface area (Å²) < 4.78 is 3.46. The quantitative estimate of drug-likeness (QED) is 0.396. The van der Waals surface area contributed by atoms with Crippen molar-refractivity contribution in [2.24, 2.45) is 4.99 Å². The Morgan fingerprint density at radius 3 is 2.63 bits per heavy atom. The van der Waals surface area contributed by atoms with E-state index in [0.717, 1.165) is 78.0 Å². The summed E-state index contributed by atoms with van der Waals surface area (Å²) in [5.41, 5.74) is 6.41. The number of hydrogen-bond acceptors (Lipinski definition) is 5.